The Kier molecular flexibility index (Phi) is 4.51. The summed E-state index contributed by atoms with van der Waals surface area (Å²) in [6, 6.07) is 0. The van der Waals surface area contributed by atoms with Crippen LogP contribution in [-0.4, -0.2) is 63.4 Å². The van der Waals surface area contributed by atoms with E-state index in [2.05, 4.69) is 4.74 Å². The topological polar surface area (TPSA) is 65.1 Å². The van der Waals surface area contributed by atoms with Gasteiger partial charge in [0.25, 0.3) is 0 Å². The van der Waals surface area contributed by atoms with Crippen molar-refractivity contribution < 1.29 is 23.8 Å². The van der Waals surface area contributed by atoms with Gasteiger partial charge >= 0.3 is 5.97 Å². The van der Waals surface area contributed by atoms with Crippen LogP contribution in [0.5, 0.6) is 0 Å². The highest BCUT2D eigenvalue weighted by molar-refractivity contribution is 5.80. The van der Waals surface area contributed by atoms with Gasteiger partial charge in [0.15, 0.2) is 6.10 Å². The van der Waals surface area contributed by atoms with Crippen molar-refractivity contribution in [1.29, 1.82) is 0 Å². The molecule has 0 N–H and O–H groups in total. The van der Waals surface area contributed by atoms with Crippen LogP contribution in [0, 0.1) is 0 Å². The lowest BCUT2D eigenvalue weighted by Crippen LogP contribution is -2.49. The summed E-state index contributed by atoms with van der Waals surface area (Å²) in [6.07, 6.45) is -0.676. The van der Waals surface area contributed by atoms with Crippen molar-refractivity contribution in [3.8, 4) is 0 Å². The molecule has 86 valence electrons. The van der Waals surface area contributed by atoms with Crippen LogP contribution in [0.4, 0.5) is 0 Å². The van der Waals surface area contributed by atoms with Crippen molar-refractivity contribution in [2.24, 2.45) is 0 Å². The van der Waals surface area contributed by atoms with Gasteiger partial charge in [-0.25, -0.2) is 4.79 Å². The van der Waals surface area contributed by atoms with E-state index in [1.165, 1.54) is 19.1 Å². The van der Waals surface area contributed by atoms with Crippen molar-refractivity contribution in [3.63, 3.8) is 0 Å². The lowest BCUT2D eigenvalue weighted by atomic mass is 10.2. The third-order valence-corrected chi connectivity index (χ3v) is 2.15. The monoisotopic (exact) mass is 217 g/mol. The van der Waals surface area contributed by atoms with Crippen LogP contribution in [0.1, 0.15) is 0 Å². The van der Waals surface area contributed by atoms with E-state index in [4.69, 9.17) is 9.47 Å². The van der Waals surface area contributed by atoms with E-state index in [9.17, 15) is 9.59 Å². The summed E-state index contributed by atoms with van der Waals surface area (Å²) in [5.74, 6) is -0.598. The molecule has 6 nitrogen and oxygen atoms in total. The molecule has 0 bridgehead atoms. The Hall–Kier alpha value is -1.14. The molecule has 1 heterocycles. The molecule has 1 unspecified atom stereocenters. The molecule has 1 rings (SSSR count). The Balaban J connectivity index is 2.48. The minimum Gasteiger partial charge on any atom is -0.467 e. The number of carbonyl (C=O) groups is 2. The number of morpholine rings is 1. The first kappa shape index (κ1) is 11.9. The maximum atomic E-state index is 11.4. The SMILES string of the molecule is COCC(=O)N1CCOC(C(=O)OC)C1. The molecule has 1 aliphatic rings. The average molecular weight is 217 g/mol. The van der Waals surface area contributed by atoms with Gasteiger partial charge in [0, 0.05) is 13.7 Å². The van der Waals surface area contributed by atoms with Crippen molar-refractivity contribution in [1.82, 2.24) is 4.90 Å². The Morgan fingerprint density at radius 3 is 2.80 bits per heavy atom. The van der Waals surface area contributed by atoms with Crippen LogP contribution >= 0.6 is 0 Å². The number of ether oxygens (including phenoxy) is 3. The number of rotatable bonds is 3. The summed E-state index contributed by atoms with van der Waals surface area (Å²) in [6.45, 7) is 1.08. The Morgan fingerprint density at radius 1 is 1.47 bits per heavy atom. The van der Waals surface area contributed by atoms with Gasteiger partial charge in [-0.3, -0.25) is 4.79 Å². The minimum absolute atomic E-state index is 0.0217. The van der Waals surface area contributed by atoms with Crippen molar-refractivity contribution >= 4 is 11.9 Å². The molecule has 0 spiro atoms. The first-order chi connectivity index (χ1) is 7.19. The van der Waals surface area contributed by atoms with Crippen LogP contribution in [0.25, 0.3) is 0 Å². The molecule has 6 heteroatoms. The van der Waals surface area contributed by atoms with E-state index in [1.54, 1.807) is 0 Å². The smallest absolute Gasteiger partial charge is 0.336 e. The lowest BCUT2D eigenvalue weighted by Gasteiger charge is -2.31. The molecule has 15 heavy (non-hydrogen) atoms. The van der Waals surface area contributed by atoms with Crippen LogP contribution in [0.15, 0.2) is 0 Å². The molecule has 0 radical (unpaired) electrons. The van der Waals surface area contributed by atoms with Crippen LogP contribution in [0.3, 0.4) is 0 Å². The van der Waals surface area contributed by atoms with Crippen molar-refractivity contribution in [2.75, 3.05) is 40.5 Å². The zero-order chi connectivity index (χ0) is 11.3. The number of hydrogen-bond acceptors (Lipinski definition) is 5. The molecule has 1 fully saturated rings. The maximum Gasteiger partial charge on any atom is 0.336 e. The highest BCUT2D eigenvalue weighted by Crippen LogP contribution is 2.06. The second-order valence-electron chi connectivity index (χ2n) is 3.16. The lowest BCUT2D eigenvalue weighted by molar-refractivity contribution is -0.163. The molecule has 1 saturated heterocycles. The Labute approximate surface area is 88.1 Å². The summed E-state index contributed by atoms with van der Waals surface area (Å²) in [7, 11) is 2.75. The predicted octanol–water partition coefficient (Wildman–Crippen LogP) is -0.967. The molecule has 0 saturated carbocycles. The number of esters is 1. The van der Waals surface area contributed by atoms with E-state index in [1.807, 2.05) is 0 Å². The summed E-state index contributed by atoms with van der Waals surface area (Å²) in [5, 5.41) is 0. The highest BCUT2D eigenvalue weighted by atomic mass is 16.6. The summed E-state index contributed by atoms with van der Waals surface area (Å²) < 4.78 is 14.5. The van der Waals surface area contributed by atoms with Crippen LogP contribution in [-0.2, 0) is 23.8 Å². The van der Waals surface area contributed by atoms with Gasteiger partial charge in [-0.05, 0) is 0 Å². The normalized spacial score (nSPS) is 21.2. The minimum atomic E-state index is -0.676. The summed E-state index contributed by atoms with van der Waals surface area (Å²) >= 11 is 0. The second-order valence-corrected chi connectivity index (χ2v) is 3.16. The van der Waals surface area contributed by atoms with Crippen molar-refractivity contribution in [3.05, 3.63) is 0 Å². The van der Waals surface area contributed by atoms with E-state index in [0.29, 0.717) is 13.2 Å². The predicted molar refractivity (Wildman–Crippen MR) is 50.2 cm³/mol. The average Bonchev–Trinajstić information content (AvgIpc) is 2.28. The number of hydrogen-bond donors (Lipinski definition) is 0. The molecule has 0 aromatic carbocycles. The van der Waals surface area contributed by atoms with Gasteiger partial charge in [-0.15, -0.1) is 0 Å². The molecule has 1 amide bonds. The highest BCUT2D eigenvalue weighted by Gasteiger charge is 2.29. The van der Waals surface area contributed by atoms with Crippen LogP contribution < -0.4 is 0 Å². The third kappa shape index (κ3) is 3.17. The number of amides is 1. The molecule has 1 aliphatic heterocycles. The Morgan fingerprint density at radius 2 is 2.20 bits per heavy atom. The number of carbonyl (C=O) groups excluding carboxylic acids is 2. The third-order valence-electron chi connectivity index (χ3n) is 2.15. The number of nitrogens with zero attached hydrogens (tertiary/aromatic N) is 1. The maximum absolute atomic E-state index is 11.4. The first-order valence-corrected chi connectivity index (χ1v) is 4.65. The molecular weight excluding hydrogens is 202 g/mol. The van der Waals surface area contributed by atoms with E-state index >= 15 is 0 Å². The molecule has 0 aromatic rings. The molecule has 0 aromatic heterocycles. The largest absolute Gasteiger partial charge is 0.467 e. The van der Waals surface area contributed by atoms with E-state index < -0.39 is 12.1 Å². The number of methoxy groups -OCH3 is 2. The van der Waals surface area contributed by atoms with Crippen molar-refractivity contribution in [2.45, 2.75) is 6.10 Å². The fourth-order valence-corrected chi connectivity index (χ4v) is 1.36. The van der Waals surface area contributed by atoms with Crippen LogP contribution in [0.2, 0.25) is 0 Å². The van der Waals surface area contributed by atoms with E-state index in [0.717, 1.165) is 0 Å². The first-order valence-electron chi connectivity index (χ1n) is 4.65. The Bertz CT molecular complexity index is 243. The van der Waals surface area contributed by atoms with Gasteiger partial charge in [0.2, 0.25) is 5.91 Å². The zero-order valence-corrected chi connectivity index (χ0v) is 8.89. The molecule has 0 aliphatic carbocycles. The summed E-state index contributed by atoms with van der Waals surface area (Å²) in [5.41, 5.74) is 0. The second kappa shape index (κ2) is 5.67. The fraction of sp³-hybridized carbons (Fsp3) is 0.778. The zero-order valence-electron chi connectivity index (χ0n) is 8.89. The van der Waals surface area contributed by atoms with Gasteiger partial charge in [-0.2, -0.15) is 0 Å². The van der Waals surface area contributed by atoms with Gasteiger partial charge in [-0.1, -0.05) is 0 Å². The quantitative estimate of drug-likeness (QED) is 0.569. The van der Waals surface area contributed by atoms with Gasteiger partial charge in [0.1, 0.15) is 6.61 Å². The summed E-state index contributed by atoms with van der Waals surface area (Å²) in [4.78, 5) is 24.2. The van der Waals surface area contributed by atoms with Gasteiger partial charge < -0.3 is 19.1 Å². The molecular formula is C9H15NO5. The standard InChI is InChI=1S/C9H15NO5/c1-13-6-8(11)10-3-4-15-7(5-10)9(12)14-2/h7H,3-6H2,1-2H3. The molecule has 1 atom stereocenters. The fourth-order valence-electron chi connectivity index (χ4n) is 1.36. The van der Waals surface area contributed by atoms with Gasteiger partial charge in [0.05, 0.1) is 20.3 Å². The van der Waals surface area contributed by atoms with E-state index in [-0.39, 0.29) is 19.1 Å².